The Labute approximate surface area is 113 Å². The first-order valence-corrected chi connectivity index (χ1v) is 6.97. The Hall–Kier alpha value is -0.940. The second-order valence-electron chi connectivity index (χ2n) is 5.01. The van der Waals surface area contributed by atoms with Crippen LogP contribution in [0.4, 0.5) is 0 Å². The van der Waals surface area contributed by atoms with Crippen molar-refractivity contribution in [2.24, 2.45) is 0 Å². The molecule has 5 heteroatoms. The number of nitrogens with zero attached hydrogens (tertiary/aromatic N) is 2. The zero-order valence-corrected chi connectivity index (χ0v) is 12.8. The fraction of sp³-hybridized carbons (Fsp3) is 0.692. The minimum absolute atomic E-state index is 0.0623. The first kappa shape index (κ1) is 15.1. The van der Waals surface area contributed by atoms with E-state index in [0.717, 1.165) is 15.6 Å². The fourth-order valence-corrected chi connectivity index (χ4v) is 3.34. The summed E-state index contributed by atoms with van der Waals surface area (Å²) in [5.41, 5.74) is 0.128. The molecule has 18 heavy (non-hydrogen) atoms. The van der Waals surface area contributed by atoms with Crippen molar-refractivity contribution in [2.45, 2.75) is 53.1 Å². The van der Waals surface area contributed by atoms with Gasteiger partial charge in [-0.15, -0.1) is 11.3 Å². The molecule has 1 aromatic rings. The van der Waals surface area contributed by atoms with Crippen molar-refractivity contribution in [1.82, 2.24) is 9.88 Å². The molecule has 0 aliphatic rings. The quantitative estimate of drug-likeness (QED) is 0.893. The summed E-state index contributed by atoms with van der Waals surface area (Å²) in [7, 11) is 0. The highest BCUT2D eigenvalue weighted by Crippen LogP contribution is 2.33. The van der Waals surface area contributed by atoms with Crippen LogP contribution in [0.5, 0.6) is 0 Å². The highest BCUT2D eigenvalue weighted by molar-refractivity contribution is 7.11. The second-order valence-corrected chi connectivity index (χ2v) is 6.24. The lowest BCUT2D eigenvalue weighted by Crippen LogP contribution is -2.50. The lowest BCUT2D eigenvalue weighted by atomic mass is 10.00. The van der Waals surface area contributed by atoms with E-state index in [4.69, 9.17) is 0 Å². The van der Waals surface area contributed by atoms with Gasteiger partial charge in [-0.1, -0.05) is 6.92 Å². The first-order chi connectivity index (χ1) is 8.21. The molecule has 1 unspecified atom stereocenters. The molecule has 102 valence electrons. The molecule has 0 saturated heterocycles. The van der Waals surface area contributed by atoms with Crippen LogP contribution >= 0.6 is 11.3 Å². The van der Waals surface area contributed by atoms with Crippen LogP contribution in [-0.4, -0.2) is 33.0 Å². The molecule has 4 nitrogen and oxygen atoms in total. The van der Waals surface area contributed by atoms with Crippen LogP contribution in [0.25, 0.3) is 0 Å². The summed E-state index contributed by atoms with van der Waals surface area (Å²) in [4.78, 5) is 19.0. The minimum atomic E-state index is -0.876. The summed E-state index contributed by atoms with van der Waals surface area (Å²) in [5, 5.41) is 10.4. The van der Waals surface area contributed by atoms with Crippen molar-refractivity contribution < 1.29 is 9.90 Å². The Morgan fingerprint density at radius 3 is 2.39 bits per heavy atom. The van der Waals surface area contributed by atoms with Crippen molar-refractivity contribution in [1.29, 1.82) is 0 Å². The molecule has 0 bridgehead atoms. The molecule has 0 radical (unpaired) electrons. The number of hydrogen-bond donors (Lipinski definition) is 1. The van der Waals surface area contributed by atoms with Crippen LogP contribution in [0.3, 0.4) is 0 Å². The molecule has 0 fully saturated rings. The van der Waals surface area contributed by atoms with Crippen LogP contribution in [0, 0.1) is 13.8 Å². The number of rotatable bonds is 5. The number of aliphatic carboxylic acids is 1. The Balaban J connectivity index is 3.10. The highest BCUT2D eigenvalue weighted by Gasteiger charge is 2.37. The molecular formula is C13H22N2O2S. The summed E-state index contributed by atoms with van der Waals surface area (Å²) >= 11 is 1.65. The number of likely N-dealkylation sites (N-methyl/N-ethyl adjacent to an activating group) is 1. The highest BCUT2D eigenvalue weighted by atomic mass is 32.1. The van der Waals surface area contributed by atoms with Crippen molar-refractivity contribution in [3.63, 3.8) is 0 Å². The predicted molar refractivity (Wildman–Crippen MR) is 74.1 cm³/mol. The van der Waals surface area contributed by atoms with Crippen molar-refractivity contribution >= 4 is 17.3 Å². The van der Waals surface area contributed by atoms with Crippen LogP contribution in [0.15, 0.2) is 0 Å². The molecule has 0 aliphatic carbocycles. The topological polar surface area (TPSA) is 53.4 Å². The van der Waals surface area contributed by atoms with Gasteiger partial charge in [-0.25, -0.2) is 4.98 Å². The van der Waals surface area contributed by atoms with E-state index in [2.05, 4.69) is 4.98 Å². The third kappa shape index (κ3) is 2.72. The van der Waals surface area contributed by atoms with Crippen LogP contribution < -0.4 is 0 Å². The zero-order valence-electron chi connectivity index (χ0n) is 11.9. The number of carbonyl (C=O) groups is 1. The van der Waals surface area contributed by atoms with E-state index in [-0.39, 0.29) is 6.04 Å². The van der Waals surface area contributed by atoms with Crippen LogP contribution in [-0.2, 0) is 4.79 Å². The number of carboxylic acid groups (broad SMARTS) is 1. The molecule has 0 aromatic carbocycles. The van der Waals surface area contributed by atoms with Gasteiger partial charge in [0.1, 0.15) is 5.54 Å². The first-order valence-electron chi connectivity index (χ1n) is 6.15. The number of thiazole rings is 1. The van der Waals surface area contributed by atoms with Crippen molar-refractivity contribution in [3.05, 3.63) is 15.6 Å². The molecule has 1 heterocycles. The summed E-state index contributed by atoms with van der Waals surface area (Å²) < 4.78 is 0. The van der Waals surface area contributed by atoms with Crippen LogP contribution in [0.1, 0.15) is 49.3 Å². The van der Waals surface area contributed by atoms with Crippen molar-refractivity contribution in [2.75, 3.05) is 6.54 Å². The lowest BCUT2D eigenvalue weighted by Gasteiger charge is -2.38. The molecule has 1 aromatic heterocycles. The van der Waals surface area contributed by atoms with E-state index in [0.29, 0.717) is 6.54 Å². The monoisotopic (exact) mass is 270 g/mol. The van der Waals surface area contributed by atoms with Gasteiger partial charge in [-0.3, -0.25) is 9.69 Å². The van der Waals surface area contributed by atoms with Gasteiger partial charge in [0.25, 0.3) is 0 Å². The zero-order chi connectivity index (χ0) is 14.1. The maximum absolute atomic E-state index is 11.4. The lowest BCUT2D eigenvalue weighted by molar-refractivity contribution is -0.150. The summed E-state index contributed by atoms with van der Waals surface area (Å²) in [6.07, 6.45) is 0. The Kier molecular flexibility index (Phi) is 4.50. The molecule has 1 rings (SSSR count). The van der Waals surface area contributed by atoms with E-state index in [1.54, 1.807) is 25.2 Å². The number of aryl methyl sites for hydroxylation is 2. The largest absolute Gasteiger partial charge is 0.480 e. The van der Waals surface area contributed by atoms with E-state index < -0.39 is 11.5 Å². The molecule has 1 atom stereocenters. The molecule has 0 spiro atoms. The molecule has 1 N–H and O–H groups in total. The summed E-state index contributed by atoms with van der Waals surface area (Å²) in [5.74, 6) is -0.796. The van der Waals surface area contributed by atoms with Gasteiger partial charge in [0.2, 0.25) is 0 Å². The minimum Gasteiger partial charge on any atom is -0.480 e. The Morgan fingerprint density at radius 1 is 1.50 bits per heavy atom. The van der Waals surface area contributed by atoms with E-state index in [1.165, 1.54) is 0 Å². The Bertz CT molecular complexity index is 440. The molecular weight excluding hydrogens is 248 g/mol. The summed E-state index contributed by atoms with van der Waals surface area (Å²) in [6, 6.07) is 0.0623. The van der Waals surface area contributed by atoms with Crippen LogP contribution in [0.2, 0.25) is 0 Å². The summed E-state index contributed by atoms with van der Waals surface area (Å²) in [6.45, 7) is 12.2. The van der Waals surface area contributed by atoms with Gasteiger partial charge in [0.15, 0.2) is 0 Å². The molecule has 0 saturated carbocycles. The number of carboxylic acids is 1. The Morgan fingerprint density at radius 2 is 2.06 bits per heavy atom. The SMILES string of the molecule is CCN(C(C)c1sc(C)nc1C)C(C)(C)C(=O)O. The van der Waals surface area contributed by atoms with E-state index in [1.807, 2.05) is 32.6 Å². The smallest absolute Gasteiger partial charge is 0.323 e. The maximum atomic E-state index is 11.4. The standard InChI is InChI=1S/C13H22N2O2S/c1-7-15(13(5,6)12(16)17)9(3)11-8(2)14-10(4)18-11/h9H,7H2,1-6H3,(H,16,17). The van der Waals surface area contributed by atoms with Gasteiger partial charge >= 0.3 is 5.97 Å². The maximum Gasteiger partial charge on any atom is 0.323 e. The molecule has 0 amide bonds. The average Bonchev–Trinajstić information content (AvgIpc) is 2.58. The van der Waals surface area contributed by atoms with Crippen molar-refractivity contribution in [3.8, 4) is 0 Å². The van der Waals surface area contributed by atoms with E-state index in [9.17, 15) is 9.90 Å². The number of hydrogen-bond acceptors (Lipinski definition) is 4. The van der Waals surface area contributed by atoms with Gasteiger partial charge in [0.05, 0.1) is 10.7 Å². The third-order valence-corrected chi connectivity index (χ3v) is 4.61. The normalized spacial score (nSPS) is 13.9. The molecule has 0 aliphatic heterocycles. The van der Waals surface area contributed by atoms with Gasteiger partial charge in [0, 0.05) is 10.9 Å². The fourth-order valence-electron chi connectivity index (χ4n) is 2.35. The second kappa shape index (κ2) is 5.36. The van der Waals surface area contributed by atoms with E-state index >= 15 is 0 Å². The van der Waals surface area contributed by atoms with Gasteiger partial charge in [-0.2, -0.15) is 0 Å². The average molecular weight is 270 g/mol. The van der Waals surface area contributed by atoms with Gasteiger partial charge in [-0.05, 0) is 41.2 Å². The van der Waals surface area contributed by atoms with Gasteiger partial charge < -0.3 is 5.11 Å². The number of aromatic nitrogens is 1. The third-order valence-electron chi connectivity index (χ3n) is 3.37. The predicted octanol–water partition coefficient (Wildman–Crippen LogP) is 3.01.